The van der Waals surface area contributed by atoms with Gasteiger partial charge in [-0.3, -0.25) is 9.80 Å². The summed E-state index contributed by atoms with van der Waals surface area (Å²) in [7, 11) is 0. The normalized spacial score (nSPS) is 35.7. The number of hydrogen-bond donors (Lipinski definition) is 0. The van der Waals surface area contributed by atoms with Gasteiger partial charge >= 0.3 is 0 Å². The fourth-order valence-corrected chi connectivity index (χ4v) is 4.20. The molecule has 2 saturated heterocycles. The summed E-state index contributed by atoms with van der Waals surface area (Å²) >= 11 is 0. The van der Waals surface area contributed by atoms with Gasteiger partial charge in [-0.25, -0.2) is 0 Å². The van der Waals surface area contributed by atoms with Crippen LogP contribution in [0.25, 0.3) is 0 Å². The van der Waals surface area contributed by atoms with Crippen molar-refractivity contribution in [1.82, 2.24) is 9.80 Å². The van der Waals surface area contributed by atoms with Gasteiger partial charge in [0.15, 0.2) is 0 Å². The molecule has 2 nitrogen and oxygen atoms in total. The first-order valence-electron chi connectivity index (χ1n) is 8.31. The van der Waals surface area contributed by atoms with E-state index >= 15 is 0 Å². The van der Waals surface area contributed by atoms with E-state index in [4.69, 9.17) is 0 Å². The average Bonchev–Trinajstić information content (AvgIpc) is 3.10. The first-order valence-corrected chi connectivity index (χ1v) is 8.31. The fraction of sp³-hybridized carbons (Fsp3) is 1.00. The lowest BCUT2D eigenvalue weighted by atomic mass is 9.97. The lowest BCUT2D eigenvalue weighted by Crippen LogP contribution is -2.58. The SMILES string of the molecule is CCC(CC1CC1)N1CC2CCCN2CC1CC. The molecule has 0 aromatic heterocycles. The maximum atomic E-state index is 2.91. The fourth-order valence-electron chi connectivity index (χ4n) is 4.20. The molecule has 2 heterocycles. The average molecular weight is 250 g/mol. The third-order valence-corrected chi connectivity index (χ3v) is 5.55. The molecule has 0 radical (unpaired) electrons. The lowest BCUT2D eigenvalue weighted by molar-refractivity contribution is 0.0128. The highest BCUT2D eigenvalue weighted by Crippen LogP contribution is 2.37. The van der Waals surface area contributed by atoms with Crippen molar-refractivity contribution >= 4 is 0 Å². The van der Waals surface area contributed by atoms with Crippen LogP contribution in [0.4, 0.5) is 0 Å². The molecule has 3 aliphatic rings. The van der Waals surface area contributed by atoms with Crippen molar-refractivity contribution < 1.29 is 0 Å². The molecule has 0 N–H and O–H groups in total. The number of rotatable bonds is 5. The van der Waals surface area contributed by atoms with E-state index in [1.807, 2.05) is 0 Å². The van der Waals surface area contributed by atoms with Crippen LogP contribution in [0.15, 0.2) is 0 Å². The van der Waals surface area contributed by atoms with Crippen LogP contribution in [0.1, 0.15) is 58.8 Å². The zero-order valence-corrected chi connectivity index (χ0v) is 12.3. The van der Waals surface area contributed by atoms with Crippen LogP contribution in [-0.2, 0) is 0 Å². The Kier molecular flexibility index (Phi) is 3.95. The second-order valence-electron chi connectivity index (χ2n) is 6.79. The third-order valence-electron chi connectivity index (χ3n) is 5.55. The number of piperazine rings is 1. The van der Waals surface area contributed by atoms with Crippen molar-refractivity contribution in [3.05, 3.63) is 0 Å². The van der Waals surface area contributed by atoms with Crippen molar-refractivity contribution in [3.63, 3.8) is 0 Å². The molecule has 1 saturated carbocycles. The molecule has 0 aromatic rings. The topological polar surface area (TPSA) is 6.48 Å². The Hall–Kier alpha value is -0.0800. The zero-order chi connectivity index (χ0) is 12.5. The molecule has 0 amide bonds. The summed E-state index contributed by atoms with van der Waals surface area (Å²) in [5.74, 6) is 1.08. The van der Waals surface area contributed by atoms with Crippen LogP contribution >= 0.6 is 0 Å². The van der Waals surface area contributed by atoms with Gasteiger partial charge in [-0.05, 0) is 44.6 Å². The summed E-state index contributed by atoms with van der Waals surface area (Å²) in [6.07, 6.45) is 10.1. The summed E-state index contributed by atoms with van der Waals surface area (Å²) < 4.78 is 0. The summed E-state index contributed by atoms with van der Waals surface area (Å²) in [5, 5.41) is 0. The van der Waals surface area contributed by atoms with E-state index in [1.54, 1.807) is 0 Å². The van der Waals surface area contributed by atoms with Crippen LogP contribution in [-0.4, -0.2) is 47.6 Å². The highest BCUT2D eigenvalue weighted by atomic mass is 15.3. The van der Waals surface area contributed by atoms with Crippen molar-refractivity contribution in [2.45, 2.75) is 76.9 Å². The van der Waals surface area contributed by atoms with E-state index in [1.165, 1.54) is 64.6 Å². The van der Waals surface area contributed by atoms with Crippen molar-refractivity contribution in [3.8, 4) is 0 Å². The Morgan fingerprint density at radius 2 is 1.94 bits per heavy atom. The van der Waals surface area contributed by atoms with Gasteiger partial charge in [-0.2, -0.15) is 0 Å². The van der Waals surface area contributed by atoms with E-state index in [0.717, 1.165) is 24.0 Å². The summed E-state index contributed by atoms with van der Waals surface area (Å²) in [6, 6.07) is 2.61. The van der Waals surface area contributed by atoms with Gasteiger partial charge in [-0.15, -0.1) is 0 Å². The molecular formula is C16H30N2. The van der Waals surface area contributed by atoms with Gasteiger partial charge in [0, 0.05) is 31.2 Å². The number of hydrogen-bond acceptors (Lipinski definition) is 2. The summed E-state index contributed by atoms with van der Waals surface area (Å²) in [6.45, 7) is 8.87. The molecule has 3 atom stereocenters. The molecule has 104 valence electrons. The molecule has 0 bridgehead atoms. The molecule has 1 aliphatic carbocycles. The van der Waals surface area contributed by atoms with Gasteiger partial charge in [0.05, 0.1) is 0 Å². The van der Waals surface area contributed by atoms with Crippen LogP contribution in [0.3, 0.4) is 0 Å². The van der Waals surface area contributed by atoms with Gasteiger partial charge in [-0.1, -0.05) is 26.7 Å². The van der Waals surface area contributed by atoms with Crippen LogP contribution in [0, 0.1) is 5.92 Å². The van der Waals surface area contributed by atoms with E-state index in [-0.39, 0.29) is 0 Å². The molecule has 18 heavy (non-hydrogen) atoms. The molecular weight excluding hydrogens is 220 g/mol. The quantitative estimate of drug-likeness (QED) is 0.740. The van der Waals surface area contributed by atoms with Crippen LogP contribution in [0.5, 0.6) is 0 Å². The Morgan fingerprint density at radius 1 is 1.11 bits per heavy atom. The van der Waals surface area contributed by atoms with Gasteiger partial charge in [0.25, 0.3) is 0 Å². The first kappa shape index (κ1) is 12.9. The molecule has 3 unspecified atom stereocenters. The van der Waals surface area contributed by atoms with Crippen molar-refractivity contribution in [2.75, 3.05) is 19.6 Å². The second kappa shape index (κ2) is 5.50. The number of nitrogens with zero attached hydrogens (tertiary/aromatic N) is 2. The summed E-state index contributed by atoms with van der Waals surface area (Å²) in [4.78, 5) is 5.68. The van der Waals surface area contributed by atoms with E-state index < -0.39 is 0 Å². The van der Waals surface area contributed by atoms with Crippen LogP contribution in [0.2, 0.25) is 0 Å². The predicted molar refractivity (Wildman–Crippen MR) is 76.8 cm³/mol. The molecule has 0 spiro atoms. The molecule has 0 aromatic carbocycles. The van der Waals surface area contributed by atoms with Gasteiger partial charge < -0.3 is 0 Å². The minimum absolute atomic E-state index is 0.836. The van der Waals surface area contributed by atoms with E-state index in [2.05, 4.69) is 23.6 Å². The molecule has 3 rings (SSSR count). The molecule has 2 heteroatoms. The predicted octanol–water partition coefficient (Wildman–Crippen LogP) is 3.12. The second-order valence-corrected chi connectivity index (χ2v) is 6.79. The van der Waals surface area contributed by atoms with Crippen molar-refractivity contribution in [2.24, 2.45) is 5.92 Å². The Labute approximate surface area is 113 Å². The Balaban J connectivity index is 1.66. The standard InChI is InChI=1S/C16H30N2/c1-3-14(10-13-7-8-13)18-12-16-6-5-9-17(16)11-15(18)4-2/h13-16H,3-12H2,1-2H3. The third kappa shape index (κ3) is 2.60. The summed E-state index contributed by atoms with van der Waals surface area (Å²) in [5.41, 5.74) is 0. The molecule has 3 fully saturated rings. The van der Waals surface area contributed by atoms with Crippen molar-refractivity contribution in [1.29, 1.82) is 0 Å². The number of fused-ring (bicyclic) bond motifs is 1. The zero-order valence-electron chi connectivity index (χ0n) is 12.3. The van der Waals surface area contributed by atoms with Crippen LogP contribution < -0.4 is 0 Å². The maximum absolute atomic E-state index is 2.91. The van der Waals surface area contributed by atoms with Gasteiger partial charge in [0.2, 0.25) is 0 Å². The Bertz CT molecular complexity index is 274. The lowest BCUT2D eigenvalue weighted by Gasteiger charge is -2.47. The van der Waals surface area contributed by atoms with Gasteiger partial charge in [0.1, 0.15) is 0 Å². The highest BCUT2D eigenvalue weighted by Gasteiger charge is 2.39. The largest absolute Gasteiger partial charge is 0.298 e. The van der Waals surface area contributed by atoms with E-state index in [0.29, 0.717) is 0 Å². The molecule has 2 aliphatic heterocycles. The monoisotopic (exact) mass is 250 g/mol. The smallest absolute Gasteiger partial charge is 0.0224 e. The maximum Gasteiger partial charge on any atom is 0.0224 e. The minimum Gasteiger partial charge on any atom is -0.298 e. The Morgan fingerprint density at radius 3 is 2.61 bits per heavy atom. The first-order chi connectivity index (χ1) is 8.81. The van der Waals surface area contributed by atoms with E-state index in [9.17, 15) is 0 Å². The minimum atomic E-state index is 0.836. The highest BCUT2D eigenvalue weighted by molar-refractivity contribution is 4.95.